The van der Waals surface area contributed by atoms with Gasteiger partial charge in [0.15, 0.2) is 0 Å². The van der Waals surface area contributed by atoms with Gasteiger partial charge in [0.05, 0.1) is 0 Å². The Labute approximate surface area is 139 Å². The molecule has 4 fully saturated rings. The molecule has 1 heteroatoms. The van der Waals surface area contributed by atoms with Crippen molar-refractivity contribution in [2.45, 2.75) is 82.0 Å². The van der Waals surface area contributed by atoms with Crippen molar-refractivity contribution in [3.05, 3.63) is 0 Å². The molecule has 0 aromatic heterocycles. The smallest absolute Gasteiger partial charge is 0.0113 e. The van der Waals surface area contributed by atoms with Crippen molar-refractivity contribution in [3.63, 3.8) is 0 Å². The first-order valence-corrected chi connectivity index (χ1v) is 10.4. The van der Waals surface area contributed by atoms with E-state index in [0.717, 1.165) is 33.0 Å². The molecule has 114 valence electrons. The summed E-state index contributed by atoms with van der Waals surface area (Å²) >= 11 is 2.73. The lowest BCUT2D eigenvalue weighted by molar-refractivity contribution is -0.101. The minimum absolute atomic E-state index is 0.717. The third kappa shape index (κ3) is 1.97. The van der Waals surface area contributed by atoms with Crippen LogP contribution < -0.4 is 0 Å². The van der Waals surface area contributed by atoms with Gasteiger partial charge in [-0.1, -0.05) is 42.9 Å². The minimum Gasteiger partial charge on any atom is -0.0826 e. The lowest BCUT2D eigenvalue weighted by Gasteiger charge is -2.60. The molecular formula is C19H31I. The fourth-order valence-corrected chi connectivity index (χ4v) is 8.12. The molecule has 0 aromatic carbocycles. The fourth-order valence-electron chi connectivity index (χ4n) is 7.20. The highest BCUT2D eigenvalue weighted by Crippen LogP contribution is 2.66. The first-order valence-electron chi connectivity index (χ1n) is 9.17. The highest BCUT2D eigenvalue weighted by Gasteiger charge is 2.57. The number of halogens is 1. The number of rotatable bonds is 0. The average molecular weight is 386 g/mol. The summed E-state index contributed by atoms with van der Waals surface area (Å²) in [5.74, 6) is 4.34. The second-order valence-corrected chi connectivity index (χ2v) is 10.9. The van der Waals surface area contributed by atoms with Crippen molar-refractivity contribution in [3.8, 4) is 0 Å². The highest BCUT2D eigenvalue weighted by atomic mass is 127. The number of hydrogen-bond acceptors (Lipinski definition) is 0. The second kappa shape index (κ2) is 4.86. The Kier molecular flexibility index (Phi) is 3.48. The molecule has 0 N–H and O–H groups in total. The van der Waals surface area contributed by atoms with Crippen LogP contribution in [0.1, 0.15) is 78.1 Å². The summed E-state index contributed by atoms with van der Waals surface area (Å²) in [5, 5.41) is 0. The van der Waals surface area contributed by atoms with E-state index >= 15 is 0 Å². The molecule has 0 bridgehead atoms. The zero-order valence-corrected chi connectivity index (χ0v) is 15.5. The molecule has 0 aliphatic heterocycles. The van der Waals surface area contributed by atoms with Crippen LogP contribution in [0.2, 0.25) is 0 Å². The van der Waals surface area contributed by atoms with Gasteiger partial charge in [0.25, 0.3) is 0 Å². The van der Waals surface area contributed by atoms with Crippen LogP contribution in [-0.2, 0) is 0 Å². The molecule has 0 saturated heterocycles. The number of hydrogen-bond donors (Lipinski definition) is 0. The Bertz CT molecular complexity index is 391. The van der Waals surface area contributed by atoms with Gasteiger partial charge in [0.1, 0.15) is 0 Å². The molecular weight excluding hydrogens is 355 g/mol. The standard InChI is InChI=1S/C19H31I/c1-18-9-3-4-16(18)15-6-5-13-12-14(20)7-11-19(13,2)17(15)8-10-18/h13-17H,3-12H2,1-2H3/t13-,14-,15-,16-,17-,18-,19-/m0/s1. The third-order valence-electron chi connectivity index (χ3n) is 8.38. The van der Waals surface area contributed by atoms with Crippen molar-refractivity contribution in [2.24, 2.45) is 34.5 Å². The van der Waals surface area contributed by atoms with Crippen molar-refractivity contribution in [1.82, 2.24) is 0 Å². The molecule has 20 heavy (non-hydrogen) atoms. The summed E-state index contributed by atoms with van der Waals surface area (Å²) in [6.07, 6.45) is 15.4. The Hall–Kier alpha value is 0.730. The quantitative estimate of drug-likeness (QED) is 0.342. The van der Waals surface area contributed by atoms with Crippen LogP contribution in [0.5, 0.6) is 0 Å². The van der Waals surface area contributed by atoms with Crippen LogP contribution in [0.3, 0.4) is 0 Å². The van der Waals surface area contributed by atoms with Crippen LogP contribution in [0, 0.1) is 34.5 Å². The van der Waals surface area contributed by atoms with E-state index in [0.29, 0.717) is 5.41 Å². The summed E-state index contributed by atoms with van der Waals surface area (Å²) in [7, 11) is 0. The largest absolute Gasteiger partial charge is 0.0826 e. The van der Waals surface area contributed by atoms with E-state index in [1.807, 2.05) is 0 Å². The van der Waals surface area contributed by atoms with Gasteiger partial charge in [-0.3, -0.25) is 0 Å². The molecule has 4 aliphatic rings. The number of alkyl halides is 1. The molecule has 0 nitrogen and oxygen atoms in total. The minimum atomic E-state index is 0.717. The van der Waals surface area contributed by atoms with Gasteiger partial charge in [-0.25, -0.2) is 0 Å². The molecule has 0 amide bonds. The Balaban J connectivity index is 1.62. The lowest BCUT2D eigenvalue weighted by atomic mass is 9.45. The summed E-state index contributed by atoms with van der Waals surface area (Å²) in [4.78, 5) is 0. The predicted molar refractivity (Wildman–Crippen MR) is 94.2 cm³/mol. The Morgan fingerprint density at radius 3 is 2.55 bits per heavy atom. The van der Waals surface area contributed by atoms with Gasteiger partial charge >= 0.3 is 0 Å². The van der Waals surface area contributed by atoms with Gasteiger partial charge in [-0.05, 0) is 92.3 Å². The average Bonchev–Trinajstić information content (AvgIpc) is 2.81. The maximum atomic E-state index is 2.73. The van der Waals surface area contributed by atoms with Crippen molar-refractivity contribution in [1.29, 1.82) is 0 Å². The van der Waals surface area contributed by atoms with E-state index in [1.54, 1.807) is 32.1 Å². The van der Waals surface area contributed by atoms with Crippen molar-refractivity contribution >= 4 is 22.6 Å². The van der Waals surface area contributed by atoms with E-state index in [-0.39, 0.29) is 0 Å². The summed E-state index contributed by atoms with van der Waals surface area (Å²) < 4.78 is 0.975. The number of fused-ring (bicyclic) bond motifs is 5. The first-order chi connectivity index (χ1) is 9.53. The zero-order valence-electron chi connectivity index (χ0n) is 13.3. The highest BCUT2D eigenvalue weighted by molar-refractivity contribution is 14.1. The molecule has 7 atom stereocenters. The van der Waals surface area contributed by atoms with Gasteiger partial charge in [-0.15, -0.1) is 0 Å². The van der Waals surface area contributed by atoms with E-state index in [9.17, 15) is 0 Å². The molecule has 0 radical (unpaired) electrons. The Morgan fingerprint density at radius 2 is 1.70 bits per heavy atom. The molecule has 0 aromatic rings. The van der Waals surface area contributed by atoms with Gasteiger partial charge < -0.3 is 0 Å². The molecule has 0 unspecified atom stereocenters. The molecule has 0 spiro atoms. The van der Waals surface area contributed by atoms with E-state index in [2.05, 4.69) is 36.4 Å². The lowest BCUT2D eigenvalue weighted by Crippen LogP contribution is -2.52. The van der Waals surface area contributed by atoms with E-state index in [1.165, 1.54) is 32.1 Å². The van der Waals surface area contributed by atoms with E-state index < -0.39 is 0 Å². The predicted octanol–water partition coefficient (Wildman–Crippen LogP) is 6.22. The SMILES string of the molecule is C[C@@]12CCC[C@H]1[C@@H]1CC[C@H]3C[C@@H](I)CC[C@]3(C)[C@H]1CC2. The molecule has 4 saturated carbocycles. The van der Waals surface area contributed by atoms with Crippen LogP contribution in [0.15, 0.2) is 0 Å². The molecule has 4 rings (SSSR count). The topological polar surface area (TPSA) is 0 Å². The monoisotopic (exact) mass is 386 g/mol. The van der Waals surface area contributed by atoms with Crippen LogP contribution in [0.4, 0.5) is 0 Å². The molecule has 0 heterocycles. The third-order valence-corrected chi connectivity index (χ3v) is 9.51. The maximum absolute atomic E-state index is 2.73. The first kappa shape index (κ1) is 14.3. The van der Waals surface area contributed by atoms with Gasteiger partial charge in [-0.2, -0.15) is 0 Å². The van der Waals surface area contributed by atoms with Crippen LogP contribution in [-0.4, -0.2) is 3.92 Å². The van der Waals surface area contributed by atoms with Gasteiger partial charge in [0, 0.05) is 3.92 Å². The molecule has 4 aliphatic carbocycles. The summed E-state index contributed by atoms with van der Waals surface area (Å²) in [6, 6.07) is 0. The fraction of sp³-hybridized carbons (Fsp3) is 1.00. The summed E-state index contributed by atoms with van der Waals surface area (Å²) in [5.41, 5.74) is 1.46. The second-order valence-electron chi connectivity index (χ2n) is 9.11. The zero-order chi connectivity index (χ0) is 14.0. The van der Waals surface area contributed by atoms with Crippen molar-refractivity contribution in [2.75, 3.05) is 0 Å². The summed E-state index contributed by atoms with van der Waals surface area (Å²) in [6.45, 7) is 5.34. The van der Waals surface area contributed by atoms with Crippen LogP contribution in [0.25, 0.3) is 0 Å². The Morgan fingerprint density at radius 1 is 0.850 bits per heavy atom. The van der Waals surface area contributed by atoms with E-state index in [4.69, 9.17) is 0 Å². The van der Waals surface area contributed by atoms with Gasteiger partial charge in [0.2, 0.25) is 0 Å². The maximum Gasteiger partial charge on any atom is 0.0113 e. The normalized spacial score (nSPS) is 58.6. The van der Waals surface area contributed by atoms with Crippen molar-refractivity contribution < 1.29 is 0 Å². The van der Waals surface area contributed by atoms with Crippen LogP contribution >= 0.6 is 22.6 Å².